The molecule has 1 rings (SSSR count). The summed E-state index contributed by atoms with van der Waals surface area (Å²) in [6.07, 6.45) is -1.65. The molecular formula is C23H35N5O7. The summed E-state index contributed by atoms with van der Waals surface area (Å²) in [5.74, 6) is -4.58. The van der Waals surface area contributed by atoms with E-state index in [0.29, 0.717) is 5.56 Å². The fraction of sp³-hybridized carbons (Fsp3) is 0.522. The van der Waals surface area contributed by atoms with Gasteiger partial charge in [-0.2, -0.15) is 0 Å². The van der Waals surface area contributed by atoms with Gasteiger partial charge in [0.15, 0.2) is 0 Å². The molecule has 0 radical (unpaired) electrons. The lowest BCUT2D eigenvalue weighted by molar-refractivity contribution is -0.143. The van der Waals surface area contributed by atoms with Crippen molar-refractivity contribution < 1.29 is 34.2 Å². The predicted molar refractivity (Wildman–Crippen MR) is 126 cm³/mol. The van der Waals surface area contributed by atoms with E-state index in [1.54, 1.807) is 30.3 Å². The van der Waals surface area contributed by atoms with E-state index in [4.69, 9.17) is 11.5 Å². The second-order valence-corrected chi connectivity index (χ2v) is 8.78. The highest BCUT2D eigenvalue weighted by Gasteiger charge is 2.33. The van der Waals surface area contributed by atoms with Crippen LogP contribution in [0.2, 0.25) is 0 Å². The second-order valence-electron chi connectivity index (χ2n) is 8.78. The number of aliphatic hydroxyl groups excluding tert-OH is 1. The summed E-state index contributed by atoms with van der Waals surface area (Å²) >= 11 is 0. The maximum Gasteiger partial charge on any atom is 0.326 e. The average molecular weight is 494 g/mol. The number of carbonyl (C=O) groups is 5. The molecule has 1 aromatic carbocycles. The van der Waals surface area contributed by atoms with Gasteiger partial charge in [0.25, 0.3) is 0 Å². The van der Waals surface area contributed by atoms with Crippen LogP contribution in [0.3, 0.4) is 0 Å². The number of carboxylic acids is 1. The van der Waals surface area contributed by atoms with E-state index >= 15 is 0 Å². The van der Waals surface area contributed by atoms with Crippen molar-refractivity contribution in [3.05, 3.63) is 35.9 Å². The second kappa shape index (κ2) is 14.0. The number of rotatable bonds is 14. The molecule has 12 nitrogen and oxygen atoms in total. The summed E-state index contributed by atoms with van der Waals surface area (Å²) in [6.45, 7) is 4.87. The minimum atomic E-state index is -1.50. The van der Waals surface area contributed by atoms with Gasteiger partial charge in [-0.1, -0.05) is 44.2 Å². The van der Waals surface area contributed by atoms with Crippen LogP contribution in [0, 0.1) is 5.92 Å². The number of nitrogens with two attached hydrogens (primary N) is 2. The fourth-order valence-corrected chi connectivity index (χ4v) is 3.26. The van der Waals surface area contributed by atoms with Gasteiger partial charge in [-0.25, -0.2) is 4.79 Å². The van der Waals surface area contributed by atoms with Gasteiger partial charge in [-0.05, 0) is 24.8 Å². The molecule has 0 heterocycles. The van der Waals surface area contributed by atoms with Gasteiger partial charge >= 0.3 is 5.97 Å². The van der Waals surface area contributed by atoms with Crippen molar-refractivity contribution in [2.75, 3.05) is 0 Å². The molecule has 9 N–H and O–H groups in total. The largest absolute Gasteiger partial charge is 0.480 e. The monoisotopic (exact) mass is 493 g/mol. The molecule has 0 saturated carbocycles. The Morgan fingerprint density at radius 3 is 1.94 bits per heavy atom. The Balaban J connectivity index is 3.09. The smallest absolute Gasteiger partial charge is 0.326 e. The molecule has 0 fully saturated rings. The summed E-state index contributed by atoms with van der Waals surface area (Å²) in [7, 11) is 0. The van der Waals surface area contributed by atoms with Crippen molar-refractivity contribution in [2.24, 2.45) is 17.4 Å². The molecule has 194 valence electrons. The maximum absolute atomic E-state index is 13.0. The summed E-state index contributed by atoms with van der Waals surface area (Å²) in [4.78, 5) is 60.8. The van der Waals surface area contributed by atoms with Gasteiger partial charge in [0.1, 0.15) is 18.1 Å². The van der Waals surface area contributed by atoms with Crippen LogP contribution in [0.4, 0.5) is 0 Å². The molecule has 0 aliphatic rings. The Morgan fingerprint density at radius 2 is 1.46 bits per heavy atom. The van der Waals surface area contributed by atoms with E-state index in [1.165, 1.54) is 6.92 Å². The number of benzene rings is 1. The van der Waals surface area contributed by atoms with Gasteiger partial charge in [0.05, 0.1) is 18.6 Å². The molecule has 0 aliphatic carbocycles. The fourth-order valence-electron chi connectivity index (χ4n) is 3.26. The van der Waals surface area contributed by atoms with Gasteiger partial charge in [0.2, 0.25) is 23.6 Å². The normalized spacial score (nSPS) is 15.3. The minimum absolute atomic E-state index is 0.0157. The molecule has 0 spiro atoms. The first-order valence-corrected chi connectivity index (χ1v) is 11.2. The molecular weight excluding hydrogens is 458 g/mol. The van der Waals surface area contributed by atoms with E-state index in [0.717, 1.165) is 0 Å². The maximum atomic E-state index is 13.0. The predicted octanol–water partition coefficient (Wildman–Crippen LogP) is -1.60. The molecule has 0 aliphatic heterocycles. The van der Waals surface area contributed by atoms with E-state index < -0.39 is 66.3 Å². The van der Waals surface area contributed by atoms with Crippen LogP contribution in [-0.2, 0) is 30.4 Å². The Morgan fingerprint density at radius 1 is 0.886 bits per heavy atom. The van der Waals surface area contributed by atoms with E-state index in [1.807, 2.05) is 13.8 Å². The molecule has 4 amide bonds. The first-order valence-electron chi connectivity index (χ1n) is 11.2. The van der Waals surface area contributed by atoms with Crippen LogP contribution in [-0.4, -0.2) is 70.1 Å². The number of hydrogen-bond acceptors (Lipinski definition) is 7. The van der Waals surface area contributed by atoms with E-state index in [9.17, 15) is 34.2 Å². The highest BCUT2D eigenvalue weighted by molar-refractivity contribution is 5.95. The van der Waals surface area contributed by atoms with Gasteiger partial charge in [0, 0.05) is 6.42 Å². The highest BCUT2D eigenvalue weighted by atomic mass is 16.4. The lowest BCUT2D eigenvalue weighted by Crippen LogP contribution is -2.60. The molecule has 5 unspecified atom stereocenters. The number of aliphatic hydroxyl groups is 1. The number of nitrogens with one attached hydrogen (secondary N) is 3. The number of amides is 4. The minimum Gasteiger partial charge on any atom is -0.480 e. The number of aliphatic carboxylic acids is 1. The van der Waals surface area contributed by atoms with Crippen LogP contribution >= 0.6 is 0 Å². The van der Waals surface area contributed by atoms with Gasteiger partial charge in [-0.15, -0.1) is 0 Å². The Labute approximate surface area is 203 Å². The molecule has 5 atom stereocenters. The van der Waals surface area contributed by atoms with Crippen LogP contribution in [0.5, 0.6) is 0 Å². The third-order valence-electron chi connectivity index (χ3n) is 5.06. The van der Waals surface area contributed by atoms with Crippen molar-refractivity contribution in [3.8, 4) is 0 Å². The van der Waals surface area contributed by atoms with Crippen molar-refractivity contribution >= 4 is 29.6 Å². The zero-order valence-corrected chi connectivity index (χ0v) is 20.1. The molecule has 1 aromatic rings. The summed E-state index contributed by atoms with van der Waals surface area (Å²) in [5.41, 5.74) is 11.3. The molecule has 35 heavy (non-hydrogen) atoms. The Hall–Kier alpha value is -3.51. The van der Waals surface area contributed by atoms with Gasteiger partial charge < -0.3 is 37.6 Å². The van der Waals surface area contributed by atoms with Crippen LogP contribution in [0.15, 0.2) is 30.3 Å². The van der Waals surface area contributed by atoms with Crippen molar-refractivity contribution in [1.29, 1.82) is 0 Å². The van der Waals surface area contributed by atoms with Crippen molar-refractivity contribution in [3.63, 3.8) is 0 Å². The molecule has 0 saturated heterocycles. The Bertz CT molecular complexity index is 892. The van der Waals surface area contributed by atoms with Crippen LogP contribution in [0.1, 0.15) is 39.2 Å². The summed E-state index contributed by atoms with van der Waals surface area (Å²) in [6, 6.07) is 3.49. The van der Waals surface area contributed by atoms with E-state index in [2.05, 4.69) is 16.0 Å². The standard InChI is InChI=1S/C23H35N5O7/c1-12(2)9-17(23(34)35)27-21(32)16(10-14-7-5-4-6-8-14)26-22(33)19(13(3)29)28-20(31)15(24)11-18(25)30/h4-8,12-13,15-17,19,29H,9-11,24H2,1-3H3,(H2,25,30)(H,26,33)(H,27,32)(H,28,31)(H,34,35). The van der Waals surface area contributed by atoms with Gasteiger partial charge in [-0.3, -0.25) is 19.2 Å². The summed E-state index contributed by atoms with van der Waals surface area (Å²) < 4.78 is 0. The number of carboxylic acid groups (broad SMARTS) is 1. The third kappa shape index (κ3) is 10.5. The van der Waals surface area contributed by atoms with Crippen LogP contribution in [0.25, 0.3) is 0 Å². The zero-order chi connectivity index (χ0) is 26.7. The molecule has 12 heteroatoms. The van der Waals surface area contributed by atoms with E-state index in [-0.39, 0.29) is 18.8 Å². The summed E-state index contributed by atoms with van der Waals surface area (Å²) in [5, 5.41) is 26.7. The first kappa shape index (κ1) is 29.5. The number of carbonyl (C=O) groups excluding carboxylic acids is 4. The lowest BCUT2D eigenvalue weighted by atomic mass is 10.0. The van der Waals surface area contributed by atoms with Crippen molar-refractivity contribution in [2.45, 2.75) is 70.3 Å². The van der Waals surface area contributed by atoms with Crippen LogP contribution < -0.4 is 27.4 Å². The lowest BCUT2D eigenvalue weighted by Gasteiger charge is -2.26. The molecule has 0 bridgehead atoms. The quantitative estimate of drug-likeness (QED) is 0.160. The molecule has 0 aromatic heterocycles. The SMILES string of the molecule is CC(C)CC(NC(=O)C(Cc1ccccc1)NC(=O)C(NC(=O)C(N)CC(N)=O)C(C)O)C(=O)O. The first-order chi connectivity index (χ1) is 16.3. The average Bonchev–Trinajstić information content (AvgIpc) is 2.75. The highest BCUT2D eigenvalue weighted by Crippen LogP contribution is 2.08. The zero-order valence-electron chi connectivity index (χ0n) is 20.1. The number of hydrogen-bond donors (Lipinski definition) is 7. The third-order valence-corrected chi connectivity index (χ3v) is 5.06. The van der Waals surface area contributed by atoms with Crippen molar-refractivity contribution in [1.82, 2.24) is 16.0 Å². The topological polar surface area (TPSA) is 214 Å². The Kier molecular flexibility index (Phi) is 11.8. The number of primary amides is 1.